The first kappa shape index (κ1) is 18.5. The van der Waals surface area contributed by atoms with Crippen LogP contribution in [0.15, 0.2) is 21.7 Å². The molecule has 0 bridgehead atoms. The summed E-state index contributed by atoms with van der Waals surface area (Å²) in [5, 5.41) is 5.46. The van der Waals surface area contributed by atoms with Gasteiger partial charge in [0.05, 0.1) is 10.8 Å². The van der Waals surface area contributed by atoms with Crippen molar-refractivity contribution < 1.29 is 9.53 Å². The van der Waals surface area contributed by atoms with Crippen molar-refractivity contribution in [1.29, 1.82) is 0 Å². The van der Waals surface area contributed by atoms with Crippen LogP contribution in [0.5, 0.6) is 0 Å². The molecule has 0 radical (unpaired) electrons. The second-order valence-corrected chi connectivity index (χ2v) is 7.56. The number of carbonyl (C=O) groups excluding carboxylic acids is 1. The summed E-state index contributed by atoms with van der Waals surface area (Å²) < 4.78 is 6.58. The molecule has 120 valence electrons. The molecule has 0 aromatic carbocycles. The van der Waals surface area contributed by atoms with Crippen molar-refractivity contribution in [2.24, 2.45) is 0 Å². The van der Waals surface area contributed by atoms with Crippen molar-refractivity contribution in [3.8, 4) is 0 Å². The van der Waals surface area contributed by atoms with E-state index in [-0.39, 0.29) is 5.97 Å². The summed E-state index contributed by atoms with van der Waals surface area (Å²) in [7, 11) is 0. The van der Waals surface area contributed by atoms with Gasteiger partial charge in [-0.15, -0.1) is 23.1 Å². The Morgan fingerprint density at radius 2 is 2.24 bits per heavy atom. The van der Waals surface area contributed by atoms with E-state index >= 15 is 0 Å². The summed E-state index contributed by atoms with van der Waals surface area (Å²) in [5.41, 5.74) is -0.542. The van der Waals surface area contributed by atoms with E-state index in [1.807, 2.05) is 25.6 Å². The van der Waals surface area contributed by atoms with Crippen molar-refractivity contribution in [3.05, 3.63) is 17.5 Å². The quantitative estimate of drug-likeness (QED) is 0.372. The van der Waals surface area contributed by atoms with Gasteiger partial charge in [-0.25, -0.2) is 0 Å². The van der Waals surface area contributed by atoms with Crippen LogP contribution in [0.3, 0.4) is 0 Å². The van der Waals surface area contributed by atoms with E-state index < -0.39 is 5.54 Å². The van der Waals surface area contributed by atoms with Crippen molar-refractivity contribution in [2.75, 3.05) is 18.9 Å². The zero-order chi connectivity index (χ0) is 15.6. The fraction of sp³-hybridized carbons (Fsp3) is 0.688. The predicted molar refractivity (Wildman–Crippen MR) is 92.2 cm³/mol. The van der Waals surface area contributed by atoms with E-state index in [2.05, 4.69) is 29.8 Å². The van der Waals surface area contributed by atoms with Gasteiger partial charge in [-0.05, 0) is 56.9 Å². The number of thiophene rings is 1. The number of thioether (sulfide) groups is 1. The lowest BCUT2D eigenvalue weighted by atomic mass is 9.95. The Kier molecular flexibility index (Phi) is 9.04. The average molecular weight is 330 g/mol. The lowest BCUT2D eigenvalue weighted by molar-refractivity contribution is -0.150. The van der Waals surface area contributed by atoms with Crippen molar-refractivity contribution in [3.63, 3.8) is 0 Å². The molecule has 0 spiro atoms. The highest BCUT2D eigenvalue weighted by atomic mass is 32.2. The summed E-state index contributed by atoms with van der Waals surface area (Å²) in [5.74, 6) is 0.983. The highest BCUT2D eigenvalue weighted by Gasteiger charge is 2.33. The number of nitrogens with one attached hydrogen (secondary N) is 1. The van der Waals surface area contributed by atoms with E-state index in [4.69, 9.17) is 4.74 Å². The molecule has 1 N–H and O–H groups in total. The normalized spacial score (nSPS) is 13.9. The fourth-order valence-electron chi connectivity index (χ4n) is 2.05. The van der Waals surface area contributed by atoms with Gasteiger partial charge in [0, 0.05) is 0 Å². The minimum absolute atomic E-state index is 0.121. The maximum absolute atomic E-state index is 12.1. The van der Waals surface area contributed by atoms with Crippen LogP contribution in [0.4, 0.5) is 0 Å². The Labute approximate surface area is 136 Å². The topological polar surface area (TPSA) is 38.3 Å². The van der Waals surface area contributed by atoms with Gasteiger partial charge in [-0.1, -0.05) is 19.4 Å². The van der Waals surface area contributed by atoms with Gasteiger partial charge in [0.1, 0.15) is 5.54 Å². The molecular weight excluding hydrogens is 302 g/mol. The first-order valence-corrected chi connectivity index (χ1v) is 9.57. The molecular formula is C16H27NO2S2. The van der Waals surface area contributed by atoms with Crippen LogP contribution in [0.2, 0.25) is 0 Å². The summed E-state index contributed by atoms with van der Waals surface area (Å²) >= 11 is 3.68. The molecule has 0 saturated heterocycles. The Morgan fingerprint density at radius 1 is 1.43 bits per heavy atom. The van der Waals surface area contributed by atoms with Crippen LogP contribution in [-0.2, 0) is 9.53 Å². The fourth-order valence-corrected chi connectivity index (χ4v) is 3.91. The Hall–Kier alpha value is -0.520. The van der Waals surface area contributed by atoms with E-state index in [1.165, 1.54) is 4.21 Å². The first-order valence-electron chi connectivity index (χ1n) is 7.71. The van der Waals surface area contributed by atoms with Crippen LogP contribution in [0.1, 0.15) is 46.5 Å². The van der Waals surface area contributed by atoms with Crippen LogP contribution in [0, 0.1) is 0 Å². The van der Waals surface area contributed by atoms with Crippen LogP contribution < -0.4 is 5.32 Å². The van der Waals surface area contributed by atoms with Crippen LogP contribution in [-0.4, -0.2) is 30.4 Å². The smallest absolute Gasteiger partial charge is 0.326 e. The maximum Gasteiger partial charge on any atom is 0.326 e. The molecule has 1 aromatic heterocycles. The number of ether oxygens (including phenoxy) is 1. The molecule has 0 aliphatic carbocycles. The molecule has 1 atom stereocenters. The van der Waals surface area contributed by atoms with Crippen molar-refractivity contribution in [1.82, 2.24) is 5.32 Å². The Morgan fingerprint density at radius 3 is 2.86 bits per heavy atom. The number of rotatable bonds is 11. The highest BCUT2D eigenvalue weighted by molar-refractivity contribution is 8.01. The van der Waals surface area contributed by atoms with Gasteiger partial charge in [-0.3, -0.25) is 4.79 Å². The molecule has 1 unspecified atom stereocenters. The van der Waals surface area contributed by atoms with E-state index in [0.717, 1.165) is 38.0 Å². The summed E-state index contributed by atoms with van der Waals surface area (Å²) in [6, 6.07) is 4.24. The third kappa shape index (κ3) is 6.85. The Balaban J connectivity index is 2.32. The van der Waals surface area contributed by atoms with Gasteiger partial charge in [0.2, 0.25) is 0 Å². The van der Waals surface area contributed by atoms with Gasteiger partial charge >= 0.3 is 5.97 Å². The summed E-state index contributed by atoms with van der Waals surface area (Å²) in [4.78, 5) is 12.1. The minimum atomic E-state index is -0.542. The van der Waals surface area contributed by atoms with Crippen LogP contribution >= 0.6 is 23.1 Å². The van der Waals surface area contributed by atoms with Gasteiger partial charge < -0.3 is 10.1 Å². The summed E-state index contributed by atoms with van der Waals surface area (Å²) in [6.45, 7) is 7.22. The average Bonchev–Trinajstić information content (AvgIpc) is 2.98. The van der Waals surface area contributed by atoms with E-state index in [1.54, 1.807) is 11.3 Å². The second kappa shape index (κ2) is 10.2. The lowest BCUT2D eigenvalue weighted by Gasteiger charge is -2.28. The van der Waals surface area contributed by atoms with E-state index in [9.17, 15) is 4.79 Å². The molecule has 1 heterocycles. The molecule has 0 amide bonds. The monoisotopic (exact) mass is 329 g/mol. The highest BCUT2D eigenvalue weighted by Crippen LogP contribution is 2.25. The third-order valence-electron chi connectivity index (χ3n) is 3.30. The number of hydrogen-bond donors (Lipinski definition) is 1. The molecule has 3 nitrogen and oxygen atoms in total. The zero-order valence-electron chi connectivity index (χ0n) is 13.3. The standard InChI is InChI=1S/C16H27NO2S2/c1-4-11-17-16(3,15(18)19-5-2)10-6-7-12-20-14-9-8-13-21-14/h8-9,13,17H,4-7,10-12H2,1-3H3. The molecule has 0 aliphatic heterocycles. The van der Waals surface area contributed by atoms with Crippen molar-refractivity contribution >= 4 is 29.1 Å². The largest absolute Gasteiger partial charge is 0.465 e. The lowest BCUT2D eigenvalue weighted by Crippen LogP contribution is -2.50. The second-order valence-electron chi connectivity index (χ2n) is 5.22. The van der Waals surface area contributed by atoms with Crippen molar-refractivity contribution in [2.45, 2.75) is 56.2 Å². The SMILES string of the molecule is CCCNC(C)(CCCCSc1cccs1)C(=O)OCC. The van der Waals surface area contributed by atoms with E-state index in [0.29, 0.717) is 6.61 Å². The third-order valence-corrected chi connectivity index (χ3v) is 5.52. The number of hydrogen-bond acceptors (Lipinski definition) is 5. The summed E-state index contributed by atoms with van der Waals surface area (Å²) in [6.07, 6.45) is 4.00. The zero-order valence-corrected chi connectivity index (χ0v) is 14.9. The first-order chi connectivity index (χ1) is 10.1. The Bertz CT molecular complexity index is 395. The predicted octanol–water partition coefficient (Wildman–Crippen LogP) is 4.33. The molecule has 5 heteroatoms. The van der Waals surface area contributed by atoms with Gasteiger partial charge in [0.15, 0.2) is 0 Å². The molecule has 1 rings (SSSR count). The number of esters is 1. The molecule has 21 heavy (non-hydrogen) atoms. The van der Waals surface area contributed by atoms with Crippen LogP contribution in [0.25, 0.3) is 0 Å². The molecule has 0 aliphatic rings. The minimum Gasteiger partial charge on any atom is -0.465 e. The number of carbonyl (C=O) groups is 1. The molecule has 0 fully saturated rings. The van der Waals surface area contributed by atoms with Gasteiger partial charge in [-0.2, -0.15) is 0 Å². The molecule has 0 saturated carbocycles. The number of unbranched alkanes of at least 4 members (excludes halogenated alkanes) is 1. The maximum atomic E-state index is 12.1. The molecule has 1 aromatic rings. The van der Waals surface area contributed by atoms with Gasteiger partial charge in [0.25, 0.3) is 0 Å².